The number of alkyl halides is 1. The number of anilines is 1. The summed E-state index contributed by atoms with van der Waals surface area (Å²) in [6.07, 6.45) is 0. The van der Waals surface area contributed by atoms with Gasteiger partial charge >= 0.3 is 0 Å². The van der Waals surface area contributed by atoms with Crippen LogP contribution < -0.4 is 5.73 Å². The monoisotopic (exact) mass is 190 g/mol. The Morgan fingerprint density at radius 1 is 1.46 bits per heavy atom. The highest BCUT2D eigenvalue weighted by Gasteiger charge is 2.01. The zero-order chi connectivity index (χ0) is 9.68. The van der Waals surface area contributed by atoms with Crippen molar-refractivity contribution in [2.24, 2.45) is 0 Å². The van der Waals surface area contributed by atoms with Crippen molar-refractivity contribution >= 4 is 17.3 Å². The summed E-state index contributed by atoms with van der Waals surface area (Å²) in [5.41, 5.74) is 7.07. The Hall–Kier alpha value is -1.64. The van der Waals surface area contributed by atoms with Gasteiger partial charge in [0.1, 0.15) is 6.07 Å². The fraction of sp³-hybridized carbons (Fsp3) is 0.100. The van der Waals surface area contributed by atoms with Crippen LogP contribution in [0.4, 0.5) is 5.69 Å². The molecule has 3 heteroatoms. The fourth-order valence-electron chi connectivity index (χ4n) is 0.928. The molecule has 64 valence electrons. The third-order valence-electron chi connectivity index (χ3n) is 1.50. The first kappa shape index (κ1) is 9.45. The van der Waals surface area contributed by atoms with Crippen molar-refractivity contribution < 1.29 is 0 Å². The van der Waals surface area contributed by atoms with E-state index in [0.29, 0.717) is 16.8 Å². The number of rotatable bonds is 0. The number of hydrogen-bond acceptors (Lipinski definition) is 2. The van der Waals surface area contributed by atoms with Crippen LogP contribution in [-0.2, 0) is 0 Å². The molecule has 0 aliphatic rings. The van der Waals surface area contributed by atoms with E-state index in [9.17, 15) is 0 Å². The molecule has 0 fully saturated rings. The average molecular weight is 191 g/mol. The third kappa shape index (κ3) is 2.15. The molecule has 0 heterocycles. The van der Waals surface area contributed by atoms with E-state index >= 15 is 0 Å². The standard InChI is InChI=1S/C10H7ClN2/c11-6-2-4-8-3-1-5-10(13)9(8)7-12/h1,3,5H,6,13H2. The van der Waals surface area contributed by atoms with Gasteiger partial charge in [-0.1, -0.05) is 17.9 Å². The molecule has 0 unspecified atom stereocenters. The van der Waals surface area contributed by atoms with E-state index in [2.05, 4.69) is 11.8 Å². The molecule has 2 nitrogen and oxygen atoms in total. The van der Waals surface area contributed by atoms with Crippen LogP contribution in [0.5, 0.6) is 0 Å². The molecule has 0 amide bonds. The summed E-state index contributed by atoms with van der Waals surface area (Å²) in [4.78, 5) is 0. The lowest BCUT2D eigenvalue weighted by Gasteiger charge is -1.98. The van der Waals surface area contributed by atoms with Crippen LogP contribution >= 0.6 is 11.6 Å². The summed E-state index contributed by atoms with van der Waals surface area (Å²) in [6.45, 7) is 0. The highest BCUT2D eigenvalue weighted by atomic mass is 35.5. The Balaban J connectivity index is 3.22. The predicted octanol–water partition coefficient (Wildman–Crippen LogP) is 1.73. The quantitative estimate of drug-likeness (QED) is 0.385. The van der Waals surface area contributed by atoms with Crippen molar-refractivity contribution in [1.29, 1.82) is 5.26 Å². The average Bonchev–Trinajstić information content (AvgIpc) is 2.15. The summed E-state index contributed by atoms with van der Waals surface area (Å²) >= 11 is 5.40. The van der Waals surface area contributed by atoms with E-state index < -0.39 is 0 Å². The molecule has 0 aromatic heterocycles. The van der Waals surface area contributed by atoms with Gasteiger partial charge in [-0.3, -0.25) is 0 Å². The van der Waals surface area contributed by atoms with Crippen LogP contribution in [0.1, 0.15) is 11.1 Å². The maximum absolute atomic E-state index is 8.77. The maximum atomic E-state index is 8.77. The number of nitrogen functional groups attached to an aromatic ring is 1. The number of nitrogens with zero attached hydrogens (tertiary/aromatic N) is 1. The lowest BCUT2D eigenvalue weighted by atomic mass is 10.1. The van der Waals surface area contributed by atoms with Gasteiger partial charge in [0.05, 0.1) is 17.1 Å². The molecule has 0 aliphatic heterocycles. The first-order valence-corrected chi connectivity index (χ1v) is 4.16. The molecule has 0 bridgehead atoms. The maximum Gasteiger partial charge on any atom is 0.103 e. The molecule has 1 rings (SSSR count). The second kappa shape index (κ2) is 4.40. The van der Waals surface area contributed by atoms with Gasteiger partial charge in [0.2, 0.25) is 0 Å². The largest absolute Gasteiger partial charge is 0.398 e. The van der Waals surface area contributed by atoms with Crippen molar-refractivity contribution in [2.45, 2.75) is 0 Å². The normalized spacial score (nSPS) is 8.31. The topological polar surface area (TPSA) is 49.8 Å². The predicted molar refractivity (Wildman–Crippen MR) is 53.2 cm³/mol. The molecule has 2 N–H and O–H groups in total. The number of hydrogen-bond donors (Lipinski definition) is 1. The molecular formula is C10H7ClN2. The van der Waals surface area contributed by atoms with E-state index in [-0.39, 0.29) is 5.88 Å². The minimum atomic E-state index is 0.250. The zero-order valence-corrected chi connectivity index (χ0v) is 7.60. The number of halogens is 1. The van der Waals surface area contributed by atoms with E-state index in [1.807, 2.05) is 6.07 Å². The van der Waals surface area contributed by atoms with Crippen LogP contribution in [0.25, 0.3) is 0 Å². The van der Waals surface area contributed by atoms with Crippen LogP contribution in [0.2, 0.25) is 0 Å². The van der Waals surface area contributed by atoms with E-state index in [4.69, 9.17) is 22.6 Å². The van der Waals surface area contributed by atoms with Gasteiger partial charge < -0.3 is 5.73 Å². The first-order valence-electron chi connectivity index (χ1n) is 3.63. The molecule has 1 aromatic carbocycles. The second-order valence-electron chi connectivity index (χ2n) is 2.32. The number of nitriles is 1. The Kier molecular flexibility index (Phi) is 3.20. The summed E-state index contributed by atoms with van der Waals surface area (Å²) in [7, 11) is 0. The summed E-state index contributed by atoms with van der Waals surface area (Å²) in [6, 6.07) is 7.18. The van der Waals surface area contributed by atoms with Gasteiger partial charge in [-0.25, -0.2) is 0 Å². The molecule has 0 spiro atoms. The Bertz CT molecular complexity index is 407. The van der Waals surface area contributed by atoms with Crippen LogP contribution in [0.3, 0.4) is 0 Å². The van der Waals surface area contributed by atoms with Crippen LogP contribution in [-0.4, -0.2) is 5.88 Å². The highest BCUT2D eigenvalue weighted by molar-refractivity contribution is 6.19. The number of nitrogens with two attached hydrogens (primary N) is 1. The lowest BCUT2D eigenvalue weighted by molar-refractivity contribution is 1.47. The molecule has 0 atom stereocenters. The minimum Gasteiger partial charge on any atom is -0.398 e. The Morgan fingerprint density at radius 3 is 2.85 bits per heavy atom. The van der Waals surface area contributed by atoms with Gasteiger partial charge in [0, 0.05) is 5.56 Å². The smallest absolute Gasteiger partial charge is 0.103 e. The van der Waals surface area contributed by atoms with E-state index in [0.717, 1.165) is 0 Å². The van der Waals surface area contributed by atoms with E-state index in [1.54, 1.807) is 18.2 Å². The summed E-state index contributed by atoms with van der Waals surface area (Å²) in [5, 5.41) is 8.77. The second-order valence-corrected chi connectivity index (χ2v) is 2.58. The lowest BCUT2D eigenvalue weighted by Crippen LogP contribution is -1.92. The van der Waals surface area contributed by atoms with Gasteiger partial charge in [0.15, 0.2) is 0 Å². The molecule has 1 aromatic rings. The fourth-order valence-corrected chi connectivity index (χ4v) is 0.995. The van der Waals surface area contributed by atoms with Gasteiger partial charge in [0.25, 0.3) is 0 Å². The molecule has 0 saturated heterocycles. The summed E-state index contributed by atoms with van der Waals surface area (Å²) in [5.74, 6) is 5.70. The van der Waals surface area contributed by atoms with Crippen molar-refractivity contribution in [3.8, 4) is 17.9 Å². The van der Waals surface area contributed by atoms with Gasteiger partial charge in [-0.05, 0) is 12.1 Å². The number of benzene rings is 1. The Morgan fingerprint density at radius 2 is 2.23 bits per heavy atom. The van der Waals surface area contributed by atoms with E-state index in [1.165, 1.54) is 0 Å². The van der Waals surface area contributed by atoms with Crippen LogP contribution in [0.15, 0.2) is 18.2 Å². The molecule has 0 aliphatic carbocycles. The molecular weight excluding hydrogens is 184 g/mol. The molecule has 0 saturated carbocycles. The third-order valence-corrected chi connectivity index (χ3v) is 1.63. The van der Waals surface area contributed by atoms with Crippen molar-refractivity contribution in [3.63, 3.8) is 0 Å². The molecule has 13 heavy (non-hydrogen) atoms. The van der Waals surface area contributed by atoms with Gasteiger partial charge in [-0.2, -0.15) is 5.26 Å². The first-order chi connectivity index (χ1) is 6.29. The SMILES string of the molecule is N#Cc1c(N)cccc1C#CCCl. The van der Waals surface area contributed by atoms with Crippen molar-refractivity contribution in [1.82, 2.24) is 0 Å². The Labute approximate surface area is 81.9 Å². The van der Waals surface area contributed by atoms with Crippen molar-refractivity contribution in [3.05, 3.63) is 29.3 Å². The van der Waals surface area contributed by atoms with Crippen molar-refractivity contribution in [2.75, 3.05) is 11.6 Å². The zero-order valence-electron chi connectivity index (χ0n) is 6.84. The summed E-state index contributed by atoms with van der Waals surface area (Å²) < 4.78 is 0. The van der Waals surface area contributed by atoms with Crippen LogP contribution in [0, 0.1) is 23.2 Å². The highest BCUT2D eigenvalue weighted by Crippen LogP contribution is 2.14. The minimum absolute atomic E-state index is 0.250. The molecule has 0 radical (unpaired) electrons. The van der Waals surface area contributed by atoms with Gasteiger partial charge in [-0.15, -0.1) is 11.6 Å².